The maximum Gasteiger partial charge on any atom is 0.317 e. The predicted octanol–water partition coefficient (Wildman–Crippen LogP) is 5.79. The largest absolute Gasteiger partial charge is 0.363 e. The van der Waals surface area contributed by atoms with E-state index in [4.69, 9.17) is 23.2 Å². The molecule has 0 fully saturated rings. The van der Waals surface area contributed by atoms with Crippen LogP contribution in [0.25, 0.3) is 0 Å². The third kappa shape index (κ3) is 8.64. The van der Waals surface area contributed by atoms with E-state index in [0.717, 1.165) is 11.1 Å². The molecule has 0 saturated heterocycles. The van der Waals surface area contributed by atoms with Gasteiger partial charge >= 0.3 is 6.03 Å². The van der Waals surface area contributed by atoms with Crippen LogP contribution in [0.4, 0.5) is 9.18 Å². The number of aryl methyl sites for hydroxylation is 1. The van der Waals surface area contributed by atoms with Gasteiger partial charge < -0.3 is 25.5 Å². The summed E-state index contributed by atoms with van der Waals surface area (Å²) in [6, 6.07) is 25.1. The van der Waals surface area contributed by atoms with Crippen LogP contribution in [0.3, 0.4) is 0 Å². The van der Waals surface area contributed by atoms with Crippen molar-refractivity contribution in [2.75, 3.05) is 20.1 Å². The van der Waals surface area contributed by atoms with Gasteiger partial charge in [-0.25, -0.2) is 9.18 Å². The molecule has 0 radical (unpaired) electrons. The van der Waals surface area contributed by atoms with Gasteiger partial charge in [-0.2, -0.15) is 0 Å². The van der Waals surface area contributed by atoms with Gasteiger partial charge in [0, 0.05) is 38.7 Å². The van der Waals surface area contributed by atoms with Crippen LogP contribution in [0.5, 0.6) is 0 Å². The average Bonchev–Trinajstić information content (AvgIpc) is 3.08. The van der Waals surface area contributed by atoms with Crippen molar-refractivity contribution in [2.45, 2.75) is 38.1 Å². The SMILES string of the molecule is CN(Cc1ccccc1)C(=O)NCC(O)(NC(=O)c1c(Cl)cc2c(c1Cl)CCN(Cc1cccc(F)c1)C2=O)C(=O)CCc1ccccc1. The second-order valence-electron chi connectivity index (χ2n) is 11.9. The third-order valence-corrected chi connectivity index (χ3v) is 9.04. The summed E-state index contributed by atoms with van der Waals surface area (Å²) < 4.78 is 13.7. The molecule has 1 heterocycles. The van der Waals surface area contributed by atoms with Crippen LogP contribution in [-0.4, -0.2) is 64.4 Å². The first-order chi connectivity index (χ1) is 23.4. The zero-order valence-corrected chi connectivity index (χ0v) is 28.2. The molecule has 1 aliphatic heterocycles. The van der Waals surface area contributed by atoms with E-state index in [2.05, 4.69) is 10.6 Å². The minimum atomic E-state index is -2.53. The third-order valence-electron chi connectivity index (χ3n) is 8.33. The lowest BCUT2D eigenvalue weighted by molar-refractivity contribution is -0.139. The molecule has 9 nitrogen and oxygen atoms in total. The summed E-state index contributed by atoms with van der Waals surface area (Å²) in [6.45, 7) is 0.0310. The lowest BCUT2D eigenvalue weighted by atomic mass is 9.95. The Kier molecular flexibility index (Phi) is 11.3. The number of halogens is 3. The summed E-state index contributed by atoms with van der Waals surface area (Å²) in [5.74, 6) is -2.52. The molecule has 0 saturated carbocycles. The monoisotopic (exact) mass is 704 g/mol. The summed E-state index contributed by atoms with van der Waals surface area (Å²) in [4.78, 5) is 56.6. The highest BCUT2D eigenvalue weighted by Crippen LogP contribution is 2.35. The molecule has 3 N–H and O–H groups in total. The van der Waals surface area contributed by atoms with Crippen LogP contribution in [0.15, 0.2) is 91.0 Å². The predicted molar refractivity (Wildman–Crippen MR) is 185 cm³/mol. The number of hydrogen-bond acceptors (Lipinski definition) is 5. The number of nitrogens with one attached hydrogen (secondary N) is 2. The number of fused-ring (bicyclic) bond motifs is 1. The zero-order valence-electron chi connectivity index (χ0n) is 26.7. The fraction of sp³-hybridized carbons (Fsp3) is 0.243. The lowest BCUT2D eigenvalue weighted by Gasteiger charge is -2.31. The molecular formula is C37H35Cl2FN4O5. The minimum absolute atomic E-state index is 0.0931. The van der Waals surface area contributed by atoms with Gasteiger partial charge in [-0.1, -0.05) is 96.0 Å². The van der Waals surface area contributed by atoms with Crippen molar-refractivity contribution in [3.05, 3.63) is 140 Å². The highest BCUT2D eigenvalue weighted by atomic mass is 35.5. The van der Waals surface area contributed by atoms with Gasteiger partial charge in [0.2, 0.25) is 5.72 Å². The number of aliphatic hydroxyl groups is 1. The molecule has 0 aliphatic carbocycles. The number of hydrogen-bond donors (Lipinski definition) is 3. The van der Waals surface area contributed by atoms with Crippen LogP contribution in [0.1, 0.15) is 49.4 Å². The smallest absolute Gasteiger partial charge is 0.317 e. The quantitative estimate of drug-likeness (QED) is 0.161. The molecule has 12 heteroatoms. The Morgan fingerprint density at radius 1 is 0.939 bits per heavy atom. The van der Waals surface area contributed by atoms with Gasteiger partial charge in [-0.15, -0.1) is 0 Å². The Hall–Kier alpha value is -4.77. The van der Waals surface area contributed by atoms with Crippen LogP contribution in [-0.2, 0) is 30.7 Å². The first-order valence-electron chi connectivity index (χ1n) is 15.6. The Morgan fingerprint density at radius 3 is 2.27 bits per heavy atom. The van der Waals surface area contributed by atoms with E-state index in [9.17, 15) is 28.7 Å². The van der Waals surface area contributed by atoms with E-state index < -0.39 is 41.7 Å². The van der Waals surface area contributed by atoms with Crippen LogP contribution < -0.4 is 10.6 Å². The summed E-state index contributed by atoms with van der Waals surface area (Å²) in [7, 11) is 1.56. The van der Waals surface area contributed by atoms with Crippen LogP contribution >= 0.6 is 23.2 Å². The number of rotatable bonds is 12. The maximum absolute atomic E-state index is 13.8. The van der Waals surface area contributed by atoms with E-state index in [0.29, 0.717) is 11.1 Å². The zero-order chi connectivity index (χ0) is 35.1. The summed E-state index contributed by atoms with van der Waals surface area (Å²) in [5.41, 5.74) is 0.135. The molecule has 0 aromatic heterocycles. The molecule has 1 atom stereocenters. The fourth-order valence-electron chi connectivity index (χ4n) is 5.67. The Labute approximate surface area is 293 Å². The normalized spacial score (nSPS) is 13.7. The first-order valence-corrected chi connectivity index (χ1v) is 16.4. The van der Waals surface area contributed by atoms with E-state index in [-0.39, 0.29) is 60.1 Å². The van der Waals surface area contributed by atoms with Gasteiger partial charge in [0.25, 0.3) is 11.8 Å². The second kappa shape index (κ2) is 15.6. The highest BCUT2D eigenvalue weighted by molar-refractivity contribution is 6.41. The van der Waals surface area contributed by atoms with Crippen molar-refractivity contribution in [1.29, 1.82) is 0 Å². The van der Waals surface area contributed by atoms with E-state index in [1.165, 1.54) is 28.0 Å². The molecule has 254 valence electrons. The second-order valence-corrected chi connectivity index (χ2v) is 12.7. The molecule has 4 aromatic rings. The number of nitrogens with zero attached hydrogens (tertiary/aromatic N) is 2. The van der Waals surface area contributed by atoms with Crippen molar-refractivity contribution in [3.8, 4) is 0 Å². The van der Waals surface area contributed by atoms with E-state index in [1.54, 1.807) is 19.2 Å². The number of ketones is 1. The van der Waals surface area contributed by atoms with E-state index >= 15 is 0 Å². The number of benzene rings is 4. The molecule has 1 unspecified atom stereocenters. The van der Waals surface area contributed by atoms with Gasteiger partial charge in [-0.05, 0) is 53.3 Å². The van der Waals surface area contributed by atoms with Gasteiger partial charge in [0.1, 0.15) is 5.82 Å². The van der Waals surface area contributed by atoms with Gasteiger partial charge in [0.05, 0.1) is 22.2 Å². The number of amides is 4. The molecular weight excluding hydrogens is 670 g/mol. The van der Waals surface area contributed by atoms with Crippen LogP contribution in [0, 0.1) is 5.82 Å². The Balaban J connectivity index is 1.35. The molecule has 4 amide bonds. The summed E-state index contributed by atoms with van der Waals surface area (Å²) >= 11 is 13.3. The van der Waals surface area contributed by atoms with Gasteiger partial charge in [-0.3, -0.25) is 14.4 Å². The number of Topliss-reactive ketones (excluding diaryl/α,β-unsaturated/α-hetero) is 1. The molecule has 5 rings (SSSR count). The maximum atomic E-state index is 13.8. The van der Waals surface area contributed by atoms with Crippen molar-refractivity contribution in [2.24, 2.45) is 0 Å². The Bertz CT molecular complexity index is 1860. The minimum Gasteiger partial charge on any atom is -0.363 e. The molecule has 4 aromatic carbocycles. The van der Waals surface area contributed by atoms with Crippen molar-refractivity contribution < 1.29 is 28.7 Å². The van der Waals surface area contributed by atoms with Crippen molar-refractivity contribution in [3.63, 3.8) is 0 Å². The number of carbonyl (C=O) groups is 4. The molecule has 0 bridgehead atoms. The van der Waals surface area contributed by atoms with E-state index in [1.807, 2.05) is 60.7 Å². The number of carbonyl (C=O) groups excluding carboxylic acids is 4. The molecule has 49 heavy (non-hydrogen) atoms. The fourth-order valence-corrected chi connectivity index (χ4v) is 6.39. The molecule has 0 spiro atoms. The van der Waals surface area contributed by atoms with Crippen LogP contribution in [0.2, 0.25) is 10.0 Å². The average molecular weight is 706 g/mol. The highest BCUT2D eigenvalue weighted by Gasteiger charge is 2.40. The van der Waals surface area contributed by atoms with Crippen molar-refractivity contribution >= 4 is 46.8 Å². The van der Waals surface area contributed by atoms with Crippen molar-refractivity contribution in [1.82, 2.24) is 20.4 Å². The number of urea groups is 1. The standard InChI is InChI=1S/C37H35Cl2FN4O5/c1-43(21-25-11-6-3-7-12-25)36(48)41-23-37(49,31(45)16-15-24-9-4-2-5-10-24)42-34(46)32-30(38)20-29-28(33(32)39)17-18-44(35(29)47)22-26-13-8-14-27(40)19-26/h2-14,19-20,49H,15-18,21-23H2,1H3,(H,41,48)(H,42,46). The first kappa shape index (κ1) is 35.5. The van der Waals surface area contributed by atoms with Gasteiger partial charge in [0.15, 0.2) is 5.78 Å². The Morgan fingerprint density at radius 2 is 1.59 bits per heavy atom. The summed E-state index contributed by atoms with van der Waals surface area (Å²) in [6.07, 6.45) is 0.392. The summed E-state index contributed by atoms with van der Waals surface area (Å²) in [5, 5.41) is 16.3. The molecule has 1 aliphatic rings. The lowest BCUT2D eigenvalue weighted by Crippen LogP contribution is -2.61. The topological polar surface area (TPSA) is 119 Å².